The van der Waals surface area contributed by atoms with Crippen LogP contribution >= 0.6 is 0 Å². The van der Waals surface area contributed by atoms with E-state index >= 15 is 0 Å². The van der Waals surface area contributed by atoms with Crippen molar-refractivity contribution in [2.24, 2.45) is 0 Å². The third kappa shape index (κ3) is 3.21. The summed E-state index contributed by atoms with van der Waals surface area (Å²) >= 11 is 0. The first-order valence-electron chi connectivity index (χ1n) is 3.49. The van der Waals surface area contributed by atoms with Gasteiger partial charge < -0.3 is 14.2 Å². The fraction of sp³-hybridized carbons (Fsp3) is 0.333. The normalized spacial score (nSPS) is 8.54. The summed E-state index contributed by atoms with van der Waals surface area (Å²) in [6.45, 7) is 0. The van der Waals surface area contributed by atoms with Gasteiger partial charge in [0.2, 0.25) is 0 Å². The molecule has 1 aromatic rings. The molecule has 1 rings (SSSR count). The van der Waals surface area contributed by atoms with Crippen LogP contribution in [0.25, 0.3) is 0 Å². The van der Waals surface area contributed by atoms with Crippen molar-refractivity contribution < 1.29 is 33.1 Å². The predicted octanol–water partition coefficient (Wildman–Crippen LogP) is -1.48. The van der Waals surface area contributed by atoms with E-state index in [2.05, 4.69) is 6.07 Å². The van der Waals surface area contributed by atoms with E-state index in [9.17, 15) is 0 Å². The van der Waals surface area contributed by atoms with Gasteiger partial charge >= 0.3 is 18.9 Å². The zero-order valence-corrected chi connectivity index (χ0v) is 8.38. The molecule has 0 radical (unpaired) electrons. The number of benzene rings is 1. The van der Waals surface area contributed by atoms with Crippen LogP contribution < -0.4 is 33.1 Å². The summed E-state index contributed by atoms with van der Waals surface area (Å²) in [7, 11) is 4.74. The summed E-state index contributed by atoms with van der Waals surface area (Å²) < 4.78 is 15.0. The van der Waals surface area contributed by atoms with E-state index in [4.69, 9.17) is 14.2 Å². The quantitative estimate of drug-likeness (QED) is 0.413. The van der Waals surface area contributed by atoms with Crippen LogP contribution in [0.1, 0.15) is 0 Å². The topological polar surface area (TPSA) is 27.7 Å². The van der Waals surface area contributed by atoms with Crippen molar-refractivity contribution in [2.45, 2.75) is 0 Å². The average Bonchev–Trinajstić information content (AvgIpc) is 2.16. The summed E-state index contributed by atoms with van der Waals surface area (Å²) in [5.74, 6) is 1.90. The van der Waals surface area contributed by atoms with Gasteiger partial charge in [-0.25, -0.2) is 0 Å². The Labute approximate surface area is 90.2 Å². The molecule has 0 bridgehead atoms. The molecule has 3 nitrogen and oxygen atoms in total. The van der Waals surface area contributed by atoms with Gasteiger partial charge in [-0.3, -0.25) is 0 Å². The van der Waals surface area contributed by atoms with Gasteiger partial charge in [0.15, 0.2) is 0 Å². The summed E-state index contributed by atoms with van der Waals surface area (Å²) in [6, 6.07) is 6.37. The molecule has 0 unspecified atom stereocenters. The largest absolute Gasteiger partial charge is 1.00 e. The Bertz CT molecular complexity index is 208. The Hall–Kier alpha value is -0.783. The monoisotopic (exact) mass is 174 g/mol. The molecule has 13 heavy (non-hydrogen) atoms. The zero-order valence-electron chi connectivity index (χ0n) is 8.38. The molecular formula is C9H11LiO3. The molecule has 0 fully saturated rings. The fourth-order valence-electron chi connectivity index (χ4n) is 0.831. The number of rotatable bonds is 3. The maximum Gasteiger partial charge on any atom is 1.00 e. The molecule has 0 saturated carbocycles. The van der Waals surface area contributed by atoms with Crippen molar-refractivity contribution >= 4 is 0 Å². The van der Waals surface area contributed by atoms with Crippen molar-refractivity contribution in [3.8, 4) is 17.2 Å². The van der Waals surface area contributed by atoms with E-state index in [1.165, 1.54) is 0 Å². The first kappa shape index (κ1) is 12.2. The van der Waals surface area contributed by atoms with Gasteiger partial charge in [-0.15, -0.1) is 0 Å². The number of methoxy groups -OCH3 is 3. The molecule has 0 aliphatic rings. The SMILES string of the molecule is COc1[c-]c(OC)cc(OC)c1.[Li+]. The molecule has 0 aliphatic heterocycles. The van der Waals surface area contributed by atoms with Gasteiger partial charge in [0, 0.05) is 17.2 Å². The van der Waals surface area contributed by atoms with Crippen LogP contribution in [-0.4, -0.2) is 21.3 Å². The van der Waals surface area contributed by atoms with Crippen LogP contribution in [0.5, 0.6) is 17.2 Å². The van der Waals surface area contributed by atoms with Crippen molar-refractivity contribution in [1.29, 1.82) is 0 Å². The minimum Gasteiger partial charge on any atom is -0.522 e. The first-order valence-corrected chi connectivity index (χ1v) is 3.49. The molecule has 4 heteroatoms. The van der Waals surface area contributed by atoms with Gasteiger partial charge in [-0.2, -0.15) is 0 Å². The van der Waals surface area contributed by atoms with E-state index < -0.39 is 0 Å². The van der Waals surface area contributed by atoms with E-state index in [0.717, 1.165) is 0 Å². The summed E-state index contributed by atoms with van der Waals surface area (Å²) in [5.41, 5.74) is 0. The third-order valence-corrected chi connectivity index (χ3v) is 1.47. The summed E-state index contributed by atoms with van der Waals surface area (Å²) in [5, 5.41) is 0. The van der Waals surface area contributed by atoms with Gasteiger partial charge in [-0.05, 0) is 0 Å². The Morgan fingerprint density at radius 3 is 1.69 bits per heavy atom. The minimum atomic E-state index is 0. The van der Waals surface area contributed by atoms with E-state index in [1.54, 1.807) is 33.5 Å². The smallest absolute Gasteiger partial charge is 0.522 e. The van der Waals surface area contributed by atoms with Gasteiger partial charge in [0.25, 0.3) is 0 Å². The second kappa shape index (κ2) is 5.79. The van der Waals surface area contributed by atoms with Gasteiger partial charge in [0.1, 0.15) is 0 Å². The Morgan fingerprint density at radius 2 is 1.38 bits per heavy atom. The third-order valence-electron chi connectivity index (χ3n) is 1.47. The molecule has 0 spiro atoms. The number of hydrogen-bond donors (Lipinski definition) is 0. The minimum absolute atomic E-state index is 0. The Kier molecular flexibility index (Phi) is 5.44. The van der Waals surface area contributed by atoms with Crippen molar-refractivity contribution in [1.82, 2.24) is 0 Å². The van der Waals surface area contributed by atoms with Crippen LogP contribution in [0.2, 0.25) is 0 Å². The van der Waals surface area contributed by atoms with Crippen molar-refractivity contribution in [2.75, 3.05) is 21.3 Å². The number of hydrogen-bond acceptors (Lipinski definition) is 3. The van der Waals surface area contributed by atoms with Crippen LogP contribution in [0, 0.1) is 6.07 Å². The molecule has 0 aromatic heterocycles. The summed E-state index contributed by atoms with van der Waals surface area (Å²) in [6.07, 6.45) is 0. The van der Waals surface area contributed by atoms with E-state index in [1.807, 2.05) is 0 Å². The average molecular weight is 174 g/mol. The van der Waals surface area contributed by atoms with Crippen LogP contribution in [0.4, 0.5) is 0 Å². The Balaban J connectivity index is 0.00000144. The summed E-state index contributed by atoms with van der Waals surface area (Å²) in [4.78, 5) is 0. The molecule has 0 amide bonds. The predicted molar refractivity (Wildman–Crippen MR) is 44.9 cm³/mol. The second-order valence-electron chi connectivity index (χ2n) is 2.16. The van der Waals surface area contributed by atoms with E-state index in [0.29, 0.717) is 17.2 Å². The molecule has 1 aromatic carbocycles. The fourth-order valence-corrected chi connectivity index (χ4v) is 0.831. The van der Waals surface area contributed by atoms with Crippen LogP contribution in [-0.2, 0) is 0 Å². The Morgan fingerprint density at radius 1 is 0.923 bits per heavy atom. The first-order chi connectivity index (χ1) is 5.80. The van der Waals surface area contributed by atoms with Gasteiger partial charge in [-0.1, -0.05) is 18.2 Å². The van der Waals surface area contributed by atoms with Crippen LogP contribution in [0.3, 0.4) is 0 Å². The van der Waals surface area contributed by atoms with Crippen molar-refractivity contribution in [3.63, 3.8) is 0 Å². The maximum atomic E-state index is 5.02. The standard InChI is InChI=1S/C9H11O3.Li/c1-10-7-4-8(11-2)6-9(5-7)12-3;/h4-5H,1-3H3;/q-1;+1. The molecule has 0 saturated heterocycles. The molecule has 0 atom stereocenters. The molecule has 66 valence electrons. The van der Waals surface area contributed by atoms with E-state index in [-0.39, 0.29) is 18.9 Å². The molecule has 0 aliphatic carbocycles. The zero-order chi connectivity index (χ0) is 8.97. The second-order valence-corrected chi connectivity index (χ2v) is 2.16. The van der Waals surface area contributed by atoms with Gasteiger partial charge in [0.05, 0.1) is 21.3 Å². The van der Waals surface area contributed by atoms with Crippen molar-refractivity contribution in [3.05, 3.63) is 18.2 Å². The van der Waals surface area contributed by atoms with Crippen LogP contribution in [0.15, 0.2) is 12.1 Å². The molecule has 0 N–H and O–H groups in total. The molecule has 0 heterocycles. The maximum absolute atomic E-state index is 5.02. The number of ether oxygens (including phenoxy) is 3. The molecular weight excluding hydrogens is 163 g/mol.